The Hall–Kier alpha value is -2.00. The molecule has 0 saturated heterocycles. The van der Waals surface area contributed by atoms with E-state index in [0.717, 1.165) is 38.7 Å². The Morgan fingerprint density at radius 2 is 1.94 bits per heavy atom. The molecule has 1 heterocycles. The van der Waals surface area contributed by atoms with Crippen LogP contribution in [0.5, 0.6) is 0 Å². The van der Waals surface area contributed by atoms with Crippen molar-refractivity contribution in [1.82, 2.24) is 0 Å². The summed E-state index contributed by atoms with van der Waals surface area (Å²) in [5.74, 6) is 1.43. The Balaban J connectivity index is 1.65. The first-order valence-electron chi connectivity index (χ1n) is 11.9. The predicted octanol–water partition coefficient (Wildman–Crippen LogP) is 5.79. The van der Waals surface area contributed by atoms with Gasteiger partial charge in [-0.3, -0.25) is 0 Å². The van der Waals surface area contributed by atoms with Crippen LogP contribution in [0.2, 0.25) is 0 Å². The maximum atomic E-state index is 11.8. The van der Waals surface area contributed by atoms with E-state index in [9.17, 15) is 5.11 Å². The fourth-order valence-corrected chi connectivity index (χ4v) is 7.25. The van der Waals surface area contributed by atoms with Crippen molar-refractivity contribution >= 4 is 5.69 Å². The second kappa shape index (κ2) is 7.55. The Bertz CT molecular complexity index is 940. The average molecular weight is 419 g/mol. The summed E-state index contributed by atoms with van der Waals surface area (Å²) in [6, 6.07) is 9.11. The minimum absolute atomic E-state index is 0.132. The quantitative estimate of drug-likeness (QED) is 0.674. The van der Waals surface area contributed by atoms with Crippen LogP contribution in [0.25, 0.3) is 0 Å². The van der Waals surface area contributed by atoms with Gasteiger partial charge in [0.05, 0.1) is 18.5 Å². The van der Waals surface area contributed by atoms with Crippen LogP contribution in [-0.2, 0) is 4.74 Å². The molecule has 0 spiro atoms. The summed E-state index contributed by atoms with van der Waals surface area (Å²) in [5, 5.41) is 11.8. The zero-order valence-electron chi connectivity index (χ0n) is 19.2. The van der Waals surface area contributed by atoms with Gasteiger partial charge in [-0.1, -0.05) is 36.8 Å². The second-order valence-electron chi connectivity index (χ2n) is 10.5. The summed E-state index contributed by atoms with van der Waals surface area (Å²) < 4.78 is 5.72. The molecule has 3 aliphatic carbocycles. The molecule has 31 heavy (non-hydrogen) atoms. The first-order chi connectivity index (χ1) is 14.9. The van der Waals surface area contributed by atoms with Crippen LogP contribution in [-0.4, -0.2) is 31.4 Å². The van der Waals surface area contributed by atoms with Gasteiger partial charge in [0.1, 0.15) is 0 Å². The van der Waals surface area contributed by atoms with Crippen molar-refractivity contribution in [1.29, 1.82) is 0 Å². The standard InChI is InChI=1S/C28H36NO2/c1-5-14-28(30)15-12-25-23-11-8-20-18-31-16-13-22(20)26(23)24(17-27(25,28)2)19-6-9-21(10-7-19)29(3)4/h5-7,9-10,14,18,23-25,30H,1,8,11-13,15-17H2,2-4H3/b14-5-/t23?,24-,25?,27+,28+/m1/s1. The minimum atomic E-state index is -0.761. The summed E-state index contributed by atoms with van der Waals surface area (Å²) >= 11 is 0. The Kier molecular flexibility index (Phi) is 5.08. The third-order valence-electron chi connectivity index (χ3n) is 8.89. The van der Waals surface area contributed by atoms with Crippen LogP contribution in [0.1, 0.15) is 56.9 Å². The van der Waals surface area contributed by atoms with Crippen molar-refractivity contribution in [3.63, 3.8) is 0 Å². The molecule has 1 N–H and O–H groups in total. The van der Waals surface area contributed by atoms with E-state index in [-0.39, 0.29) is 5.41 Å². The van der Waals surface area contributed by atoms with Crippen molar-refractivity contribution in [2.45, 2.75) is 57.0 Å². The van der Waals surface area contributed by atoms with E-state index in [1.165, 1.54) is 23.2 Å². The zero-order chi connectivity index (χ0) is 21.8. The van der Waals surface area contributed by atoms with Crippen LogP contribution in [0.3, 0.4) is 0 Å². The van der Waals surface area contributed by atoms with Crippen LogP contribution in [0.4, 0.5) is 5.69 Å². The van der Waals surface area contributed by atoms with E-state index < -0.39 is 5.60 Å². The molecule has 1 aromatic rings. The van der Waals surface area contributed by atoms with Gasteiger partial charge in [0.25, 0.3) is 0 Å². The normalized spacial score (nSPS) is 37.1. The number of fused-ring (bicyclic) bond motifs is 4. The third kappa shape index (κ3) is 3.11. The monoisotopic (exact) mass is 418 g/mol. The van der Waals surface area contributed by atoms with Gasteiger partial charge in [-0.2, -0.15) is 0 Å². The van der Waals surface area contributed by atoms with E-state index in [4.69, 9.17) is 4.74 Å². The highest BCUT2D eigenvalue weighted by atomic mass is 16.5. The van der Waals surface area contributed by atoms with Gasteiger partial charge in [-0.25, -0.2) is 0 Å². The number of hydrogen-bond acceptors (Lipinski definition) is 3. The third-order valence-corrected chi connectivity index (χ3v) is 8.89. The molecule has 0 aromatic heterocycles. The van der Waals surface area contributed by atoms with Gasteiger partial charge < -0.3 is 14.7 Å². The van der Waals surface area contributed by atoms with E-state index in [1.807, 2.05) is 18.4 Å². The number of anilines is 1. The fourth-order valence-electron chi connectivity index (χ4n) is 7.25. The molecule has 5 atom stereocenters. The molecule has 2 saturated carbocycles. The number of allylic oxidation sites excluding steroid dienone is 3. The number of nitrogens with zero attached hydrogens (tertiary/aromatic N) is 1. The molecule has 4 aliphatic rings. The number of ether oxygens (including phenoxy) is 1. The minimum Gasteiger partial charge on any atom is -0.501 e. The Morgan fingerprint density at radius 3 is 2.65 bits per heavy atom. The Morgan fingerprint density at radius 1 is 1.16 bits per heavy atom. The molecule has 1 aromatic carbocycles. The molecule has 3 nitrogen and oxygen atoms in total. The van der Waals surface area contributed by atoms with Crippen molar-refractivity contribution in [3.05, 3.63) is 71.9 Å². The van der Waals surface area contributed by atoms with Gasteiger partial charge in [-0.05, 0) is 79.7 Å². The largest absolute Gasteiger partial charge is 0.501 e. The van der Waals surface area contributed by atoms with Crippen LogP contribution in [0.15, 0.2) is 59.4 Å². The maximum absolute atomic E-state index is 11.8. The highest BCUT2D eigenvalue weighted by molar-refractivity contribution is 5.51. The molecule has 1 aliphatic heterocycles. The molecule has 2 fully saturated rings. The summed E-state index contributed by atoms with van der Waals surface area (Å²) in [6.45, 7) is 7.06. The van der Waals surface area contributed by atoms with Crippen LogP contribution in [0, 0.1) is 24.2 Å². The molecular weight excluding hydrogens is 382 g/mol. The molecular formula is C28H36NO2. The van der Waals surface area contributed by atoms with E-state index in [2.05, 4.69) is 57.1 Å². The smallest absolute Gasteiger partial charge is 0.0913 e. The Labute approximate surface area is 187 Å². The molecule has 2 unspecified atom stereocenters. The SMILES string of the molecule is [CH2]/C=C\[C@]1(O)CCC2C3CCC4=COCCC4=C3[C@@H](c3ccc(N(C)C)cc3)C[C@@]21C. The van der Waals surface area contributed by atoms with Crippen molar-refractivity contribution in [2.24, 2.45) is 17.3 Å². The van der Waals surface area contributed by atoms with Gasteiger partial charge in [0, 0.05) is 37.5 Å². The first-order valence-corrected chi connectivity index (χ1v) is 11.9. The van der Waals surface area contributed by atoms with Crippen molar-refractivity contribution in [3.8, 4) is 0 Å². The van der Waals surface area contributed by atoms with Gasteiger partial charge >= 0.3 is 0 Å². The highest BCUT2D eigenvalue weighted by Gasteiger charge is 2.61. The predicted molar refractivity (Wildman–Crippen MR) is 127 cm³/mol. The topological polar surface area (TPSA) is 32.7 Å². The van der Waals surface area contributed by atoms with Gasteiger partial charge in [0.15, 0.2) is 0 Å². The molecule has 3 heteroatoms. The first kappa shape index (κ1) is 20.9. The summed E-state index contributed by atoms with van der Waals surface area (Å²) in [5.41, 5.74) is 6.36. The van der Waals surface area contributed by atoms with Gasteiger partial charge in [-0.15, -0.1) is 0 Å². The fraction of sp³-hybridized carbons (Fsp3) is 0.536. The van der Waals surface area contributed by atoms with Crippen molar-refractivity contribution in [2.75, 3.05) is 25.6 Å². The van der Waals surface area contributed by atoms with E-state index in [1.54, 1.807) is 11.1 Å². The van der Waals surface area contributed by atoms with Crippen molar-refractivity contribution < 1.29 is 9.84 Å². The molecule has 165 valence electrons. The lowest BCUT2D eigenvalue weighted by Gasteiger charge is -2.54. The molecule has 1 radical (unpaired) electrons. The number of aliphatic hydroxyl groups is 1. The van der Waals surface area contributed by atoms with E-state index >= 15 is 0 Å². The lowest BCUT2D eigenvalue weighted by atomic mass is 9.51. The maximum Gasteiger partial charge on any atom is 0.0913 e. The van der Waals surface area contributed by atoms with Crippen LogP contribution < -0.4 is 4.90 Å². The number of hydrogen-bond donors (Lipinski definition) is 1. The lowest BCUT2D eigenvalue weighted by molar-refractivity contribution is -0.0583. The molecule has 0 amide bonds. The number of rotatable bonds is 3. The highest BCUT2D eigenvalue weighted by Crippen LogP contribution is 2.66. The van der Waals surface area contributed by atoms with Gasteiger partial charge in [0.2, 0.25) is 0 Å². The summed E-state index contributed by atoms with van der Waals surface area (Å²) in [4.78, 5) is 2.15. The number of benzene rings is 1. The summed E-state index contributed by atoms with van der Waals surface area (Å²) in [7, 11) is 4.18. The molecule has 5 rings (SSSR count). The lowest BCUT2D eigenvalue weighted by Crippen LogP contribution is -2.50. The zero-order valence-corrected chi connectivity index (χ0v) is 19.2. The second-order valence-corrected chi connectivity index (χ2v) is 10.5. The average Bonchev–Trinajstić information content (AvgIpc) is 3.03. The summed E-state index contributed by atoms with van der Waals surface area (Å²) in [6.07, 6.45) is 12.1. The van der Waals surface area contributed by atoms with E-state index in [0.29, 0.717) is 17.8 Å². The van der Waals surface area contributed by atoms with Crippen LogP contribution >= 0.6 is 0 Å². The molecule has 0 bridgehead atoms.